The second-order valence-corrected chi connectivity index (χ2v) is 6.82. The van der Waals surface area contributed by atoms with Crippen LogP contribution in [0.4, 0.5) is 0 Å². The summed E-state index contributed by atoms with van der Waals surface area (Å²) < 4.78 is 11.4. The average Bonchev–Trinajstić information content (AvgIpc) is 2.76. The summed E-state index contributed by atoms with van der Waals surface area (Å²) in [6.45, 7) is -0.237. The van der Waals surface area contributed by atoms with Gasteiger partial charge in [-0.15, -0.1) is 0 Å². The summed E-state index contributed by atoms with van der Waals surface area (Å²) >= 11 is 3.50. The van der Waals surface area contributed by atoms with Gasteiger partial charge in [0.2, 0.25) is 0 Å². The number of nitrogens with one attached hydrogen (secondary N) is 2. The van der Waals surface area contributed by atoms with E-state index in [1.807, 2.05) is 42.5 Å². The van der Waals surface area contributed by atoms with Gasteiger partial charge < -0.3 is 9.47 Å². The molecule has 0 heterocycles. The maximum Gasteiger partial charge on any atom is 0.276 e. The Balaban J connectivity index is 1.47. The lowest BCUT2D eigenvalue weighted by Gasteiger charge is -2.10. The third-order valence-electron chi connectivity index (χ3n) is 4.05. The largest absolute Gasteiger partial charge is 0.497 e. The molecule has 0 unspecified atom stereocenters. The van der Waals surface area contributed by atoms with E-state index in [0.717, 1.165) is 26.6 Å². The lowest BCUT2D eigenvalue weighted by Crippen LogP contribution is -2.43. The van der Waals surface area contributed by atoms with Crippen molar-refractivity contribution in [3.63, 3.8) is 0 Å². The fraction of sp³-hybridized carbons (Fsp3) is 0.0909. The molecule has 6 nitrogen and oxygen atoms in total. The zero-order valence-corrected chi connectivity index (χ0v) is 17.2. The predicted molar refractivity (Wildman–Crippen MR) is 115 cm³/mol. The Morgan fingerprint density at radius 1 is 1.00 bits per heavy atom. The van der Waals surface area contributed by atoms with Crippen LogP contribution < -0.4 is 20.3 Å². The van der Waals surface area contributed by atoms with Gasteiger partial charge in [-0.1, -0.05) is 42.5 Å². The van der Waals surface area contributed by atoms with E-state index < -0.39 is 11.8 Å². The second kappa shape index (κ2) is 9.75. The van der Waals surface area contributed by atoms with Gasteiger partial charge in [0, 0.05) is 6.08 Å². The molecule has 0 fully saturated rings. The van der Waals surface area contributed by atoms with Gasteiger partial charge in [0.15, 0.2) is 6.61 Å². The zero-order chi connectivity index (χ0) is 20.6. The number of hydrogen-bond donors (Lipinski definition) is 2. The molecule has 0 aliphatic carbocycles. The Kier molecular flexibility index (Phi) is 6.86. The number of carbonyl (C=O) groups excluding carboxylic acids is 2. The van der Waals surface area contributed by atoms with Crippen molar-refractivity contribution in [1.82, 2.24) is 10.9 Å². The molecule has 0 bridgehead atoms. The molecule has 7 heteroatoms. The van der Waals surface area contributed by atoms with Crippen LogP contribution >= 0.6 is 15.9 Å². The average molecular weight is 455 g/mol. The van der Waals surface area contributed by atoms with E-state index >= 15 is 0 Å². The molecule has 2 N–H and O–H groups in total. The molecule has 0 saturated heterocycles. The molecule has 3 rings (SSSR count). The van der Waals surface area contributed by atoms with Crippen molar-refractivity contribution in [3.8, 4) is 11.5 Å². The second-order valence-electron chi connectivity index (χ2n) is 6.03. The van der Waals surface area contributed by atoms with E-state index in [1.165, 1.54) is 6.08 Å². The van der Waals surface area contributed by atoms with Crippen LogP contribution in [0.5, 0.6) is 11.5 Å². The van der Waals surface area contributed by atoms with Crippen molar-refractivity contribution >= 4 is 44.6 Å². The van der Waals surface area contributed by atoms with E-state index in [2.05, 4.69) is 26.8 Å². The Morgan fingerprint density at radius 2 is 1.76 bits per heavy atom. The molecule has 0 atom stereocenters. The number of hydrogen-bond acceptors (Lipinski definition) is 4. The standard InChI is InChI=1S/C22H19BrN2O4/c1-28-17-10-6-15(7-11-17)8-13-20(26)24-25-21(27)14-29-19-12-9-16-4-2-3-5-18(16)22(19)23/h2-13H,14H2,1H3,(H,24,26)(H,25,27). The van der Waals surface area contributed by atoms with Gasteiger partial charge in [-0.05, 0) is 56.5 Å². The van der Waals surface area contributed by atoms with Crippen LogP contribution in [0.15, 0.2) is 71.2 Å². The van der Waals surface area contributed by atoms with Gasteiger partial charge in [-0.2, -0.15) is 0 Å². The first kappa shape index (κ1) is 20.4. The van der Waals surface area contributed by atoms with Crippen LogP contribution in [0.2, 0.25) is 0 Å². The van der Waals surface area contributed by atoms with Crippen LogP contribution in [-0.4, -0.2) is 25.5 Å². The zero-order valence-electron chi connectivity index (χ0n) is 15.6. The van der Waals surface area contributed by atoms with E-state index in [9.17, 15) is 9.59 Å². The van der Waals surface area contributed by atoms with Crippen molar-refractivity contribution in [3.05, 3.63) is 76.8 Å². The lowest BCUT2D eigenvalue weighted by molar-refractivity contribution is -0.128. The van der Waals surface area contributed by atoms with Crippen LogP contribution in [0.25, 0.3) is 16.8 Å². The molecule has 0 aromatic heterocycles. The van der Waals surface area contributed by atoms with Crippen LogP contribution in [-0.2, 0) is 9.59 Å². The number of fused-ring (bicyclic) bond motifs is 1. The van der Waals surface area contributed by atoms with Gasteiger partial charge in [-0.25, -0.2) is 0 Å². The smallest absolute Gasteiger partial charge is 0.276 e. The van der Waals surface area contributed by atoms with Gasteiger partial charge in [-0.3, -0.25) is 20.4 Å². The van der Waals surface area contributed by atoms with Gasteiger partial charge in [0.1, 0.15) is 11.5 Å². The SMILES string of the molecule is COc1ccc(C=CC(=O)NNC(=O)COc2ccc3ccccc3c2Br)cc1. The minimum absolute atomic E-state index is 0.237. The minimum Gasteiger partial charge on any atom is -0.497 e. The molecule has 2 amide bonds. The maximum atomic E-state index is 11.9. The molecule has 0 aliphatic heterocycles. The Hall–Kier alpha value is -3.32. The molecule has 0 saturated carbocycles. The van der Waals surface area contributed by atoms with E-state index in [1.54, 1.807) is 31.4 Å². The number of amides is 2. The predicted octanol–water partition coefficient (Wildman–Crippen LogP) is 3.85. The highest BCUT2D eigenvalue weighted by Gasteiger charge is 2.09. The third kappa shape index (κ3) is 5.58. The molecule has 3 aromatic rings. The summed E-state index contributed by atoms with van der Waals surface area (Å²) in [5, 5.41) is 2.05. The van der Waals surface area contributed by atoms with Crippen LogP contribution in [0.1, 0.15) is 5.56 Å². The molecule has 3 aromatic carbocycles. The molecule has 29 heavy (non-hydrogen) atoms. The number of methoxy groups -OCH3 is 1. The van der Waals surface area contributed by atoms with Crippen molar-refractivity contribution < 1.29 is 19.1 Å². The summed E-state index contributed by atoms with van der Waals surface area (Å²) in [4.78, 5) is 23.8. The number of benzene rings is 3. The topological polar surface area (TPSA) is 76.7 Å². The fourth-order valence-electron chi connectivity index (χ4n) is 2.56. The Bertz CT molecular complexity index is 1050. The highest BCUT2D eigenvalue weighted by atomic mass is 79.9. The number of carbonyl (C=O) groups is 2. The van der Waals surface area contributed by atoms with E-state index in [-0.39, 0.29) is 6.61 Å². The van der Waals surface area contributed by atoms with Crippen molar-refractivity contribution in [2.24, 2.45) is 0 Å². The first-order valence-corrected chi connectivity index (χ1v) is 9.57. The third-order valence-corrected chi connectivity index (χ3v) is 4.87. The molecule has 148 valence electrons. The highest BCUT2D eigenvalue weighted by Crippen LogP contribution is 2.32. The number of halogens is 1. The quantitative estimate of drug-likeness (QED) is 0.438. The Morgan fingerprint density at radius 3 is 2.52 bits per heavy atom. The first-order valence-electron chi connectivity index (χ1n) is 8.78. The normalized spacial score (nSPS) is 10.7. The maximum absolute atomic E-state index is 11.9. The molecular formula is C22H19BrN2O4. The van der Waals surface area contributed by atoms with Gasteiger partial charge in [0.05, 0.1) is 11.6 Å². The monoisotopic (exact) mass is 454 g/mol. The Labute approximate surface area is 176 Å². The minimum atomic E-state index is -0.476. The lowest BCUT2D eigenvalue weighted by atomic mass is 10.1. The van der Waals surface area contributed by atoms with Crippen molar-refractivity contribution in [2.45, 2.75) is 0 Å². The summed E-state index contributed by atoms with van der Waals surface area (Å²) in [5.41, 5.74) is 5.46. The number of hydrazine groups is 1. The van der Waals surface area contributed by atoms with E-state index in [0.29, 0.717) is 5.75 Å². The van der Waals surface area contributed by atoms with E-state index in [4.69, 9.17) is 9.47 Å². The molecule has 0 radical (unpaired) electrons. The van der Waals surface area contributed by atoms with Gasteiger partial charge in [0.25, 0.3) is 11.8 Å². The van der Waals surface area contributed by atoms with Crippen LogP contribution in [0, 0.1) is 0 Å². The fourth-order valence-corrected chi connectivity index (χ4v) is 3.17. The van der Waals surface area contributed by atoms with Gasteiger partial charge >= 0.3 is 0 Å². The summed E-state index contributed by atoms with van der Waals surface area (Å²) in [6, 6.07) is 18.8. The first-order chi connectivity index (χ1) is 14.1. The summed E-state index contributed by atoms with van der Waals surface area (Å²) in [5.74, 6) is 0.346. The molecular weight excluding hydrogens is 436 g/mol. The van der Waals surface area contributed by atoms with Crippen molar-refractivity contribution in [1.29, 1.82) is 0 Å². The highest BCUT2D eigenvalue weighted by molar-refractivity contribution is 9.10. The summed E-state index contributed by atoms with van der Waals surface area (Å²) in [7, 11) is 1.59. The number of rotatable bonds is 6. The van der Waals surface area contributed by atoms with Crippen LogP contribution in [0.3, 0.4) is 0 Å². The number of ether oxygens (including phenoxy) is 2. The molecule has 0 spiro atoms. The molecule has 0 aliphatic rings. The summed E-state index contributed by atoms with van der Waals surface area (Å²) in [6.07, 6.45) is 2.95. The van der Waals surface area contributed by atoms with Crippen molar-refractivity contribution in [2.75, 3.05) is 13.7 Å².